The molecular formula is C18H19BrN2S. The van der Waals surface area contributed by atoms with Crippen LogP contribution in [0, 0.1) is 20.8 Å². The number of fused-ring (bicyclic) bond motifs is 1. The van der Waals surface area contributed by atoms with E-state index in [4.69, 9.17) is 12.2 Å². The van der Waals surface area contributed by atoms with Crippen molar-refractivity contribution in [1.29, 1.82) is 0 Å². The van der Waals surface area contributed by atoms with E-state index >= 15 is 0 Å². The Kier molecular flexibility index (Phi) is 5.14. The molecule has 2 aliphatic rings. The summed E-state index contributed by atoms with van der Waals surface area (Å²) in [5.41, 5.74) is 5.92. The van der Waals surface area contributed by atoms with Crippen LogP contribution in [0.4, 0.5) is 0 Å². The molecule has 1 aromatic carbocycles. The topological polar surface area (TPSA) is 17.8 Å². The number of aromatic nitrogens is 2. The fraction of sp³-hybridized carbons (Fsp3) is 0.222. The average Bonchev–Trinajstić information content (AvgIpc) is 2.76. The summed E-state index contributed by atoms with van der Waals surface area (Å²) >= 11 is 5.64. The molecule has 0 radical (unpaired) electrons. The maximum Gasteiger partial charge on any atom is 0.140 e. The van der Waals surface area contributed by atoms with Crippen LogP contribution < -0.4 is 0 Å². The number of hydrogen-bond acceptors (Lipinski definition) is 2. The van der Waals surface area contributed by atoms with Crippen molar-refractivity contribution in [3.63, 3.8) is 0 Å². The molecule has 0 unspecified atom stereocenters. The Morgan fingerprint density at radius 2 is 1.82 bits per heavy atom. The van der Waals surface area contributed by atoms with Crippen LogP contribution in [-0.4, -0.2) is 14.4 Å². The summed E-state index contributed by atoms with van der Waals surface area (Å²) in [4.78, 5) is 5.63. The van der Waals surface area contributed by atoms with Crippen LogP contribution in [0.2, 0.25) is 0 Å². The molecular weight excluding hydrogens is 356 g/mol. The zero-order valence-electron chi connectivity index (χ0n) is 13.0. The highest BCUT2D eigenvalue weighted by Gasteiger charge is 2.16. The van der Waals surface area contributed by atoms with Gasteiger partial charge in [0.1, 0.15) is 5.82 Å². The Labute approximate surface area is 147 Å². The fourth-order valence-electron chi connectivity index (χ4n) is 2.65. The van der Waals surface area contributed by atoms with Crippen molar-refractivity contribution >= 4 is 34.1 Å². The van der Waals surface area contributed by atoms with E-state index in [1.165, 1.54) is 16.7 Å². The molecule has 0 aliphatic carbocycles. The summed E-state index contributed by atoms with van der Waals surface area (Å²) in [7, 11) is 0. The molecule has 0 atom stereocenters. The number of thiocarbonyl (C=S) groups is 1. The molecule has 0 saturated carbocycles. The summed E-state index contributed by atoms with van der Waals surface area (Å²) in [5, 5.41) is 0. The van der Waals surface area contributed by atoms with E-state index in [0.717, 1.165) is 21.9 Å². The van der Waals surface area contributed by atoms with Gasteiger partial charge in [-0.2, -0.15) is 0 Å². The summed E-state index contributed by atoms with van der Waals surface area (Å²) in [6, 6.07) is 12.5. The Hall–Kier alpha value is -1.52. The Morgan fingerprint density at radius 3 is 2.55 bits per heavy atom. The van der Waals surface area contributed by atoms with Gasteiger partial charge in [0, 0.05) is 22.3 Å². The van der Waals surface area contributed by atoms with Crippen LogP contribution in [0.1, 0.15) is 22.4 Å². The molecule has 0 spiro atoms. The lowest BCUT2D eigenvalue weighted by molar-refractivity contribution is 0.839. The summed E-state index contributed by atoms with van der Waals surface area (Å²) in [5.74, 6) is 1.02. The molecule has 0 amide bonds. The maximum absolute atomic E-state index is 5.64. The highest BCUT2D eigenvalue weighted by Crippen LogP contribution is 2.27. The average molecular weight is 375 g/mol. The lowest BCUT2D eigenvalue weighted by Gasteiger charge is -2.14. The van der Waals surface area contributed by atoms with Crippen molar-refractivity contribution in [3.8, 4) is 11.4 Å². The Balaban J connectivity index is 0.00000176. The van der Waals surface area contributed by atoms with Gasteiger partial charge in [-0.15, -0.1) is 17.0 Å². The molecule has 114 valence electrons. The second-order valence-corrected chi connectivity index (χ2v) is 5.93. The SMILES string of the molecule is Br.Cc1ccccc1C(=S)Cn1cccc2c(C)c(C)nc1-2. The Bertz CT molecular complexity index is 792. The summed E-state index contributed by atoms with van der Waals surface area (Å²) < 4.78 is 2.14. The first kappa shape index (κ1) is 16.8. The van der Waals surface area contributed by atoms with E-state index in [9.17, 15) is 0 Å². The molecule has 0 aromatic heterocycles. The number of aryl methyl sites for hydroxylation is 2. The molecule has 0 fully saturated rings. The van der Waals surface area contributed by atoms with Gasteiger partial charge in [0.25, 0.3) is 0 Å². The largest absolute Gasteiger partial charge is 0.327 e. The fourth-order valence-corrected chi connectivity index (χ4v) is 3.02. The van der Waals surface area contributed by atoms with Crippen molar-refractivity contribution in [2.24, 2.45) is 0 Å². The molecule has 2 aliphatic heterocycles. The van der Waals surface area contributed by atoms with E-state index < -0.39 is 0 Å². The lowest BCUT2D eigenvalue weighted by atomic mass is 10.1. The van der Waals surface area contributed by atoms with E-state index in [0.29, 0.717) is 6.54 Å². The first-order valence-corrected chi connectivity index (χ1v) is 7.49. The molecule has 0 bridgehead atoms. The number of pyridine rings is 1. The number of benzene rings is 1. The van der Waals surface area contributed by atoms with Crippen LogP contribution in [-0.2, 0) is 6.54 Å². The van der Waals surface area contributed by atoms with E-state index in [-0.39, 0.29) is 17.0 Å². The minimum absolute atomic E-state index is 0. The lowest BCUT2D eigenvalue weighted by Crippen LogP contribution is -2.13. The van der Waals surface area contributed by atoms with Crippen LogP contribution in [0.15, 0.2) is 42.6 Å². The van der Waals surface area contributed by atoms with Gasteiger partial charge >= 0.3 is 0 Å². The minimum atomic E-state index is 0. The van der Waals surface area contributed by atoms with Gasteiger partial charge in [0.2, 0.25) is 0 Å². The smallest absolute Gasteiger partial charge is 0.140 e. The van der Waals surface area contributed by atoms with Crippen LogP contribution in [0.5, 0.6) is 0 Å². The second-order valence-electron chi connectivity index (χ2n) is 5.43. The number of hydrogen-bond donors (Lipinski definition) is 0. The highest BCUT2D eigenvalue weighted by molar-refractivity contribution is 8.93. The highest BCUT2D eigenvalue weighted by atomic mass is 79.9. The van der Waals surface area contributed by atoms with Crippen molar-refractivity contribution < 1.29 is 0 Å². The molecule has 3 rings (SSSR count). The zero-order chi connectivity index (χ0) is 15.0. The third-order valence-corrected chi connectivity index (χ3v) is 4.37. The van der Waals surface area contributed by atoms with Gasteiger partial charge in [0.15, 0.2) is 0 Å². The summed E-state index contributed by atoms with van der Waals surface area (Å²) in [6.07, 6.45) is 2.05. The van der Waals surface area contributed by atoms with Gasteiger partial charge in [-0.1, -0.05) is 36.5 Å². The molecule has 4 heteroatoms. The maximum atomic E-state index is 5.64. The normalized spacial score (nSPS) is 10.5. The number of nitrogens with zero attached hydrogens (tertiary/aromatic N) is 2. The number of halogens is 1. The molecule has 1 aromatic rings. The standard InChI is InChI=1S/C18H18N2S.BrH/c1-12-7-4-5-8-15(12)17(21)11-20-10-6-9-16-13(2)14(3)19-18(16)20;/h4-10H,11H2,1-3H3;1H. The van der Waals surface area contributed by atoms with Gasteiger partial charge < -0.3 is 4.57 Å². The van der Waals surface area contributed by atoms with Gasteiger partial charge in [-0.3, -0.25) is 0 Å². The predicted octanol–water partition coefficient (Wildman–Crippen LogP) is 4.91. The molecule has 22 heavy (non-hydrogen) atoms. The van der Waals surface area contributed by atoms with Crippen molar-refractivity contribution in [1.82, 2.24) is 9.55 Å². The third-order valence-electron chi connectivity index (χ3n) is 4.02. The molecule has 2 heterocycles. The minimum Gasteiger partial charge on any atom is -0.327 e. The van der Waals surface area contributed by atoms with Crippen LogP contribution >= 0.6 is 29.2 Å². The number of rotatable bonds is 3. The van der Waals surface area contributed by atoms with Gasteiger partial charge in [0.05, 0.1) is 6.54 Å². The van der Waals surface area contributed by atoms with E-state index in [1.54, 1.807) is 0 Å². The monoisotopic (exact) mass is 374 g/mol. The Morgan fingerprint density at radius 1 is 1.09 bits per heavy atom. The zero-order valence-corrected chi connectivity index (χ0v) is 15.5. The van der Waals surface area contributed by atoms with Crippen LogP contribution in [0.25, 0.3) is 11.4 Å². The first-order chi connectivity index (χ1) is 10.1. The molecule has 0 N–H and O–H groups in total. The van der Waals surface area contributed by atoms with E-state index in [2.05, 4.69) is 60.8 Å². The quantitative estimate of drug-likeness (QED) is 0.478. The van der Waals surface area contributed by atoms with E-state index in [1.807, 2.05) is 12.1 Å². The first-order valence-electron chi connectivity index (χ1n) is 7.09. The third kappa shape index (κ3) is 2.99. The van der Waals surface area contributed by atoms with Gasteiger partial charge in [-0.25, -0.2) is 4.98 Å². The van der Waals surface area contributed by atoms with Crippen molar-refractivity contribution in [2.75, 3.05) is 0 Å². The molecule has 0 saturated heterocycles. The molecule has 2 nitrogen and oxygen atoms in total. The summed E-state index contributed by atoms with van der Waals surface area (Å²) in [6.45, 7) is 6.96. The predicted molar refractivity (Wildman–Crippen MR) is 102 cm³/mol. The van der Waals surface area contributed by atoms with Crippen molar-refractivity contribution in [3.05, 3.63) is 65.0 Å². The van der Waals surface area contributed by atoms with Crippen molar-refractivity contribution in [2.45, 2.75) is 27.3 Å². The second kappa shape index (κ2) is 6.71. The van der Waals surface area contributed by atoms with Crippen LogP contribution in [0.3, 0.4) is 0 Å². The van der Waals surface area contributed by atoms with Gasteiger partial charge in [-0.05, 0) is 49.6 Å².